The maximum absolute atomic E-state index is 10.3. The molecule has 19 heavy (non-hydrogen) atoms. The van der Waals surface area contributed by atoms with Gasteiger partial charge in [0, 0.05) is 12.6 Å². The average molecular weight is 269 g/mol. The zero-order valence-corrected chi connectivity index (χ0v) is 12.4. The van der Waals surface area contributed by atoms with Gasteiger partial charge in [0.15, 0.2) is 0 Å². The van der Waals surface area contributed by atoms with Crippen molar-refractivity contribution in [3.8, 4) is 0 Å². The highest BCUT2D eigenvalue weighted by atomic mass is 16.3. The Morgan fingerprint density at radius 3 is 2.37 bits per heavy atom. The van der Waals surface area contributed by atoms with Gasteiger partial charge in [-0.05, 0) is 45.1 Å². The maximum Gasteiger partial charge on any atom is 0.0669 e. The Kier molecular flexibility index (Phi) is 6.11. The fourth-order valence-corrected chi connectivity index (χ4v) is 3.94. The Labute approximate surface area is 118 Å². The smallest absolute Gasteiger partial charge is 0.0669 e. The third-order valence-electron chi connectivity index (χ3n) is 4.89. The van der Waals surface area contributed by atoms with Crippen LogP contribution in [0.5, 0.6) is 0 Å². The third-order valence-corrected chi connectivity index (χ3v) is 4.89. The predicted molar refractivity (Wildman–Crippen MR) is 78.1 cm³/mol. The van der Waals surface area contributed by atoms with Crippen molar-refractivity contribution >= 4 is 0 Å². The van der Waals surface area contributed by atoms with Crippen molar-refractivity contribution in [1.29, 1.82) is 0 Å². The van der Waals surface area contributed by atoms with Crippen LogP contribution in [-0.2, 0) is 0 Å². The number of piperidine rings is 1. The number of aliphatic hydroxyl groups is 2. The van der Waals surface area contributed by atoms with Crippen molar-refractivity contribution in [2.75, 3.05) is 13.1 Å². The number of hydrogen-bond donors (Lipinski definition) is 2. The molecule has 3 nitrogen and oxygen atoms in total. The average Bonchev–Trinajstić information content (AvgIpc) is 2.83. The van der Waals surface area contributed by atoms with Gasteiger partial charge in [0.25, 0.3) is 0 Å². The zero-order chi connectivity index (χ0) is 13.7. The molecule has 3 unspecified atom stereocenters. The molecule has 1 aliphatic heterocycles. The van der Waals surface area contributed by atoms with E-state index in [9.17, 15) is 10.2 Å². The van der Waals surface area contributed by atoms with Crippen LogP contribution in [0.3, 0.4) is 0 Å². The summed E-state index contributed by atoms with van der Waals surface area (Å²) in [7, 11) is 0. The van der Waals surface area contributed by atoms with E-state index in [1.165, 1.54) is 44.9 Å². The number of likely N-dealkylation sites (tertiary alicyclic amines) is 1. The first kappa shape index (κ1) is 15.3. The van der Waals surface area contributed by atoms with E-state index in [0.717, 1.165) is 31.8 Å². The molecule has 1 heterocycles. The lowest BCUT2D eigenvalue weighted by Crippen LogP contribution is -2.45. The Morgan fingerprint density at radius 2 is 1.68 bits per heavy atom. The summed E-state index contributed by atoms with van der Waals surface area (Å²) in [6, 6.07) is 0.479. The highest BCUT2D eigenvalue weighted by molar-refractivity contribution is 4.81. The molecule has 0 amide bonds. The van der Waals surface area contributed by atoms with Gasteiger partial charge in [-0.1, -0.05) is 32.1 Å². The Bertz CT molecular complexity index is 251. The fourth-order valence-electron chi connectivity index (χ4n) is 3.94. The molecule has 0 aromatic heterocycles. The molecule has 0 aromatic carbocycles. The van der Waals surface area contributed by atoms with E-state index in [-0.39, 0.29) is 12.2 Å². The topological polar surface area (TPSA) is 43.7 Å². The van der Waals surface area contributed by atoms with Crippen molar-refractivity contribution in [3.63, 3.8) is 0 Å². The molecule has 112 valence electrons. The molecule has 2 fully saturated rings. The minimum absolute atomic E-state index is 0.169. The fraction of sp³-hybridized carbons (Fsp3) is 1.00. The van der Waals surface area contributed by atoms with E-state index < -0.39 is 0 Å². The molecular formula is C16H31NO2. The number of nitrogens with zero attached hydrogens (tertiary/aromatic N) is 1. The SMILES string of the molecule is CC(O)CC1CCCCN1CC(O)CC1CCCC1. The summed E-state index contributed by atoms with van der Waals surface area (Å²) < 4.78 is 0. The van der Waals surface area contributed by atoms with Crippen LogP contribution < -0.4 is 0 Å². The molecule has 2 N–H and O–H groups in total. The van der Waals surface area contributed by atoms with E-state index >= 15 is 0 Å². The summed E-state index contributed by atoms with van der Waals surface area (Å²) in [6.07, 6.45) is 10.5. The summed E-state index contributed by atoms with van der Waals surface area (Å²) in [5.74, 6) is 0.759. The second-order valence-electron chi connectivity index (χ2n) is 6.77. The van der Waals surface area contributed by atoms with Gasteiger partial charge in [-0.3, -0.25) is 4.90 Å². The van der Waals surface area contributed by atoms with Gasteiger partial charge in [-0.15, -0.1) is 0 Å². The van der Waals surface area contributed by atoms with Crippen LogP contribution in [0.15, 0.2) is 0 Å². The minimum Gasteiger partial charge on any atom is -0.393 e. The predicted octanol–water partition coefficient (Wildman–Crippen LogP) is 2.55. The summed E-state index contributed by atoms with van der Waals surface area (Å²) in [5.41, 5.74) is 0. The van der Waals surface area contributed by atoms with Crippen LogP contribution in [0.25, 0.3) is 0 Å². The molecule has 0 bridgehead atoms. The highest BCUT2D eigenvalue weighted by Crippen LogP contribution is 2.29. The standard InChI is InChI=1S/C16H31NO2/c1-13(18)10-15-8-4-5-9-17(15)12-16(19)11-14-6-2-3-7-14/h13-16,18-19H,2-12H2,1H3. The van der Waals surface area contributed by atoms with E-state index in [1.807, 2.05) is 6.92 Å². The van der Waals surface area contributed by atoms with Crippen molar-refractivity contribution in [1.82, 2.24) is 4.90 Å². The first-order valence-electron chi connectivity index (χ1n) is 8.25. The van der Waals surface area contributed by atoms with Gasteiger partial charge in [0.05, 0.1) is 12.2 Å². The van der Waals surface area contributed by atoms with Crippen molar-refractivity contribution < 1.29 is 10.2 Å². The van der Waals surface area contributed by atoms with E-state index in [2.05, 4.69) is 4.90 Å². The van der Waals surface area contributed by atoms with Gasteiger partial charge in [0.1, 0.15) is 0 Å². The minimum atomic E-state index is -0.224. The lowest BCUT2D eigenvalue weighted by atomic mass is 9.95. The molecule has 0 radical (unpaired) electrons. The molecule has 3 atom stereocenters. The molecule has 0 spiro atoms. The van der Waals surface area contributed by atoms with Gasteiger partial charge in [-0.25, -0.2) is 0 Å². The lowest BCUT2D eigenvalue weighted by Gasteiger charge is -2.38. The molecular weight excluding hydrogens is 238 g/mol. The van der Waals surface area contributed by atoms with Crippen LogP contribution >= 0.6 is 0 Å². The lowest BCUT2D eigenvalue weighted by molar-refractivity contribution is 0.0350. The van der Waals surface area contributed by atoms with Gasteiger partial charge < -0.3 is 10.2 Å². The first-order chi connectivity index (χ1) is 9.15. The zero-order valence-electron chi connectivity index (χ0n) is 12.4. The first-order valence-corrected chi connectivity index (χ1v) is 8.25. The monoisotopic (exact) mass is 269 g/mol. The van der Waals surface area contributed by atoms with Crippen molar-refractivity contribution in [3.05, 3.63) is 0 Å². The van der Waals surface area contributed by atoms with E-state index in [0.29, 0.717) is 6.04 Å². The Morgan fingerprint density at radius 1 is 1.00 bits per heavy atom. The number of rotatable bonds is 6. The Hall–Kier alpha value is -0.120. The maximum atomic E-state index is 10.3. The van der Waals surface area contributed by atoms with Crippen molar-refractivity contribution in [2.24, 2.45) is 5.92 Å². The van der Waals surface area contributed by atoms with Crippen LogP contribution in [0.2, 0.25) is 0 Å². The largest absolute Gasteiger partial charge is 0.393 e. The van der Waals surface area contributed by atoms with Gasteiger partial charge in [-0.2, -0.15) is 0 Å². The van der Waals surface area contributed by atoms with Crippen molar-refractivity contribution in [2.45, 2.75) is 83.0 Å². The van der Waals surface area contributed by atoms with Crippen LogP contribution in [0.1, 0.15) is 64.7 Å². The highest BCUT2D eigenvalue weighted by Gasteiger charge is 2.27. The molecule has 1 aliphatic carbocycles. The molecule has 2 aliphatic rings. The summed E-state index contributed by atoms with van der Waals surface area (Å²) >= 11 is 0. The molecule has 1 saturated heterocycles. The van der Waals surface area contributed by atoms with Crippen LogP contribution in [0, 0.1) is 5.92 Å². The summed E-state index contributed by atoms with van der Waals surface area (Å²) in [4.78, 5) is 2.43. The van der Waals surface area contributed by atoms with E-state index in [4.69, 9.17) is 0 Å². The second-order valence-corrected chi connectivity index (χ2v) is 6.77. The van der Waals surface area contributed by atoms with Crippen LogP contribution in [0.4, 0.5) is 0 Å². The second kappa shape index (κ2) is 7.61. The number of aliphatic hydroxyl groups excluding tert-OH is 2. The van der Waals surface area contributed by atoms with E-state index in [1.54, 1.807) is 0 Å². The summed E-state index contributed by atoms with van der Waals surface area (Å²) in [5, 5.41) is 19.9. The normalized spacial score (nSPS) is 29.5. The Balaban J connectivity index is 1.77. The van der Waals surface area contributed by atoms with Gasteiger partial charge in [0.2, 0.25) is 0 Å². The van der Waals surface area contributed by atoms with Crippen LogP contribution in [-0.4, -0.2) is 46.5 Å². The quantitative estimate of drug-likeness (QED) is 0.779. The third kappa shape index (κ3) is 5.05. The molecule has 1 saturated carbocycles. The van der Waals surface area contributed by atoms with Gasteiger partial charge >= 0.3 is 0 Å². The summed E-state index contributed by atoms with van der Waals surface area (Å²) in [6.45, 7) is 3.79. The molecule has 0 aromatic rings. The number of hydrogen-bond acceptors (Lipinski definition) is 3. The molecule has 3 heteroatoms. The molecule has 2 rings (SSSR count). The number of β-amino-alcohol motifs (C(OH)–C–C–N with tert-alkyl or cyclic N) is 1.